The fourth-order valence-corrected chi connectivity index (χ4v) is 3.62. The van der Waals surface area contributed by atoms with Gasteiger partial charge in [-0.05, 0) is 54.6 Å². The van der Waals surface area contributed by atoms with E-state index in [4.69, 9.17) is 27.6 Å². The highest BCUT2D eigenvalue weighted by Gasteiger charge is 2.14. The molecule has 29 heavy (non-hydrogen) atoms. The second kappa shape index (κ2) is 7.36. The molecule has 3 aromatic carbocycles. The third kappa shape index (κ3) is 4.02. The Bertz CT molecular complexity index is 1260. The van der Waals surface area contributed by atoms with E-state index >= 15 is 0 Å². The number of hydrogen-bond donors (Lipinski definition) is 2. The molecule has 0 bridgehead atoms. The zero-order valence-corrected chi connectivity index (χ0v) is 16.7. The van der Waals surface area contributed by atoms with Crippen molar-refractivity contribution in [1.29, 1.82) is 0 Å². The van der Waals surface area contributed by atoms with Gasteiger partial charge in [-0.3, -0.25) is 0 Å². The summed E-state index contributed by atoms with van der Waals surface area (Å²) in [5, 5.41) is 10.6. The van der Waals surface area contributed by atoms with Crippen molar-refractivity contribution in [3.8, 4) is 28.2 Å². The monoisotopic (exact) mass is 424 g/mol. The van der Waals surface area contributed by atoms with E-state index in [-0.39, 0.29) is 4.90 Å². The molecule has 0 aliphatic heterocycles. The largest absolute Gasteiger partial charge is 0.399 e. The quantitative estimate of drug-likeness (QED) is 0.481. The molecule has 4 aromatic rings. The number of halogens is 1. The summed E-state index contributed by atoms with van der Waals surface area (Å²) in [5.41, 5.74) is 10.6. The van der Waals surface area contributed by atoms with Gasteiger partial charge in [0.05, 0.1) is 22.0 Å². The number of nitrogens with two attached hydrogens (primary N) is 2. The molecule has 4 N–H and O–H groups in total. The van der Waals surface area contributed by atoms with Gasteiger partial charge < -0.3 is 5.73 Å². The SMILES string of the molecule is Nc1ccc(-c2cc(-c3ccc(Cl)cc3)n(-c3ccc(S(N)(=O)=O)cc3)n2)cc1. The van der Waals surface area contributed by atoms with Crippen molar-refractivity contribution < 1.29 is 8.42 Å². The van der Waals surface area contributed by atoms with Crippen LogP contribution in [0.3, 0.4) is 0 Å². The molecule has 1 aromatic heterocycles. The molecule has 0 aliphatic carbocycles. The van der Waals surface area contributed by atoms with Crippen molar-refractivity contribution in [2.45, 2.75) is 4.90 Å². The molecule has 0 spiro atoms. The van der Waals surface area contributed by atoms with Crippen LogP contribution in [0.15, 0.2) is 83.8 Å². The van der Waals surface area contributed by atoms with Crippen molar-refractivity contribution in [2.75, 3.05) is 5.73 Å². The second-order valence-electron chi connectivity index (χ2n) is 6.49. The van der Waals surface area contributed by atoms with E-state index in [0.717, 1.165) is 22.5 Å². The molecule has 6 nitrogen and oxygen atoms in total. The first kappa shape index (κ1) is 19.2. The van der Waals surface area contributed by atoms with E-state index in [1.54, 1.807) is 28.9 Å². The summed E-state index contributed by atoms with van der Waals surface area (Å²) in [6.07, 6.45) is 0. The summed E-state index contributed by atoms with van der Waals surface area (Å²) in [4.78, 5) is 0.0419. The van der Waals surface area contributed by atoms with Crippen LogP contribution in [-0.2, 0) is 10.0 Å². The van der Waals surface area contributed by atoms with Gasteiger partial charge in [-0.1, -0.05) is 35.9 Å². The zero-order valence-electron chi connectivity index (χ0n) is 15.2. The molecule has 0 saturated heterocycles. The van der Waals surface area contributed by atoms with E-state index in [1.165, 1.54) is 12.1 Å². The molecule has 0 saturated carbocycles. The van der Waals surface area contributed by atoms with E-state index < -0.39 is 10.0 Å². The summed E-state index contributed by atoms with van der Waals surface area (Å²) in [6.45, 7) is 0. The van der Waals surface area contributed by atoms with Gasteiger partial charge in [-0.25, -0.2) is 18.2 Å². The van der Waals surface area contributed by atoms with Gasteiger partial charge in [0, 0.05) is 21.8 Å². The highest BCUT2D eigenvalue weighted by atomic mass is 35.5. The molecule has 4 rings (SSSR count). The number of nitrogens with zero attached hydrogens (tertiary/aromatic N) is 2. The molecule has 0 radical (unpaired) electrons. The van der Waals surface area contributed by atoms with Gasteiger partial charge in [0.1, 0.15) is 0 Å². The Kier molecular flexibility index (Phi) is 4.87. The van der Waals surface area contributed by atoms with Crippen LogP contribution in [0.2, 0.25) is 5.02 Å². The van der Waals surface area contributed by atoms with E-state index in [1.807, 2.05) is 42.5 Å². The second-order valence-corrected chi connectivity index (χ2v) is 8.49. The Hall–Kier alpha value is -3.13. The predicted molar refractivity (Wildman–Crippen MR) is 115 cm³/mol. The maximum Gasteiger partial charge on any atom is 0.238 e. The minimum atomic E-state index is -3.77. The molecule has 0 amide bonds. The minimum Gasteiger partial charge on any atom is -0.399 e. The number of benzene rings is 3. The van der Waals surface area contributed by atoms with Gasteiger partial charge in [0.2, 0.25) is 10.0 Å². The molecular weight excluding hydrogens is 408 g/mol. The Morgan fingerprint density at radius 3 is 2.00 bits per heavy atom. The molecule has 8 heteroatoms. The summed E-state index contributed by atoms with van der Waals surface area (Å²) in [6, 6.07) is 23.1. The third-order valence-electron chi connectivity index (χ3n) is 4.47. The Morgan fingerprint density at radius 1 is 0.828 bits per heavy atom. The Morgan fingerprint density at radius 2 is 1.41 bits per heavy atom. The standard InChI is InChI=1S/C21H17ClN4O2S/c22-16-5-1-15(2-6-16)21-13-20(14-3-7-17(23)8-4-14)25-26(21)18-9-11-19(12-10-18)29(24,27)28/h1-13H,23H2,(H2,24,27,28). The van der Waals surface area contributed by atoms with Crippen LogP contribution < -0.4 is 10.9 Å². The average Bonchev–Trinajstić information content (AvgIpc) is 3.14. The zero-order chi connectivity index (χ0) is 20.6. The molecule has 146 valence electrons. The van der Waals surface area contributed by atoms with E-state index in [9.17, 15) is 8.42 Å². The van der Waals surface area contributed by atoms with E-state index in [0.29, 0.717) is 16.4 Å². The lowest BCUT2D eigenvalue weighted by Crippen LogP contribution is -2.12. The van der Waals surface area contributed by atoms with Crippen LogP contribution in [0.1, 0.15) is 0 Å². The number of anilines is 1. The van der Waals surface area contributed by atoms with Gasteiger partial charge in [-0.15, -0.1) is 0 Å². The van der Waals surface area contributed by atoms with Crippen LogP contribution in [0.25, 0.3) is 28.2 Å². The first-order chi connectivity index (χ1) is 13.8. The fourth-order valence-electron chi connectivity index (χ4n) is 2.98. The Balaban J connectivity index is 1.86. The van der Waals surface area contributed by atoms with Crippen molar-refractivity contribution in [2.24, 2.45) is 5.14 Å². The molecule has 0 atom stereocenters. The molecule has 0 unspecified atom stereocenters. The molecule has 0 fully saturated rings. The highest BCUT2D eigenvalue weighted by Crippen LogP contribution is 2.30. The van der Waals surface area contributed by atoms with E-state index in [2.05, 4.69) is 0 Å². The fraction of sp³-hybridized carbons (Fsp3) is 0. The summed E-state index contributed by atoms with van der Waals surface area (Å²) in [5.74, 6) is 0. The maximum atomic E-state index is 11.6. The van der Waals surface area contributed by atoms with Gasteiger partial charge in [-0.2, -0.15) is 5.10 Å². The normalized spacial score (nSPS) is 11.5. The number of aromatic nitrogens is 2. The first-order valence-electron chi connectivity index (χ1n) is 8.66. The van der Waals surface area contributed by atoms with Gasteiger partial charge in [0.25, 0.3) is 0 Å². The molecule has 1 heterocycles. The van der Waals surface area contributed by atoms with Gasteiger partial charge >= 0.3 is 0 Å². The number of rotatable bonds is 4. The lowest BCUT2D eigenvalue weighted by atomic mass is 10.1. The molecule has 0 aliphatic rings. The minimum absolute atomic E-state index is 0.0419. The lowest BCUT2D eigenvalue weighted by molar-refractivity contribution is 0.598. The maximum absolute atomic E-state index is 11.6. The number of sulfonamides is 1. The summed E-state index contributed by atoms with van der Waals surface area (Å²) < 4.78 is 24.9. The van der Waals surface area contributed by atoms with Crippen LogP contribution in [0.4, 0.5) is 5.69 Å². The lowest BCUT2D eigenvalue weighted by Gasteiger charge is -2.08. The summed E-state index contributed by atoms with van der Waals surface area (Å²) >= 11 is 6.03. The van der Waals surface area contributed by atoms with Crippen LogP contribution in [0.5, 0.6) is 0 Å². The van der Waals surface area contributed by atoms with Crippen molar-refractivity contribution in [3.63, 3.8) is 0 Å². The van der Waals surface area contributed by atoms with Crippen LogP contribution in [-0.4, -0.2) is 18.2 Å². The topological polar surface area (TPSA) is 104 Å². The Labute approximate surface area is 173 Å². The first-order valence-corrected chi connectivity index (χ1v) is 10.6. The van der Waals surface area contributed by atoms with Crippen molar-refractivity contribution >= 4 is 27.3 Å². The van der Waals surface area contributed by atoms with Crippen molar-refractivity contribution in [1.82, 2.24) is 9.78 Å². The highest BCUT2D eigenvalue weighted by molar-refractivity contribution is 7.89. The predicted octanol–water partition coefficient (Wildman–Crippen LogP) is 4.09. The van der Waals surface area contributed by atoms with Gasteiger partial charge in [0.15, 0.2) is 0 Å². The number of primary sulfonamides is 1. The average molecular weight is 425 g/mol. The smallest absolute Gasteiger partial charge is 0.238 e. The summed E-state index contributed by atoms with van der Waals surface area (Å²) in [7, 11) is -3.77. The van der Waals surface area contributed by atoms with Crippen molar-refractivity contribution in [3.05, 3.63) is 83.9 Å². The third-order valence-corrected chi connectivity index (χ3v) is 5.65. The molecular formula is C21H17ClN4O2S. The number of nitrogen functional groups attached to an aromatic ring is 1. The number of hydrogen-bond acceptors (Lipinski definition) is 4. The van der Waals surface area contributed by atoms with Crippen LogP contribution in [0, 0.1) is 0 Å². The van der Waals surface area contributed by atoms with Crippen LogP contribution >= 0.6 is 11.6 Å².